The molecule has 0 aliphatic carbocycles. The molecule has 5 heterocycles. The highest BCUT2D eigenvalue weighted by atomic mass is 16.3. The molecular weight excluding hydrogens is 404 g/mol. The zero-order valence-electron chi connectivity index (χ0n) is 18.5. The van der Waals surface area contributed by atoms with E-state index >= 15 is 0 Å². The number of rotatable bonds is 2. The van der Waals surface area contributed by atoms with Gasteiger partial charge in [0.25, 0.3) is 5.56 Å². The number of piperidine rings is 1. The number of nitrogens with zero attached hydrogens (tertiary/aromatic N) is 6. The van der Waals surface area contributed by atoms with Gasteiger partial charge in [0.05, 0.1) is 22.0 Å². The third kappa shape index (κ3) is 2.79. The van der Waals surface area contributed by atoms with Crippen molar-refractivity contribution in [3.05, 3.63) is 46.6 Å². The molecule has 2 aliphatic rings. The van der Waals surface area contributed by atoms with Gasteiger partial charge in [-0.15, -0.1) is 0 Å². The molecule has 6 rings (SSSR count). The molecule has 4 aromatic rings. The van der Waals surface area contributed by atoms with Crippen molar-refractivity contribution >= 4 is 21.8 Å². The van der Waals surface area contributed by atoms with Crippen molar-refractivity contribution in [1.82, 2.24) is 29.2 Å². The van der Waals surface area contributed by atoms with E-state index in [9.17, 15) is 9.90 Å². The predicted molar refractivity (Wildman–Crippen MR) is 123 cm³/mol. The van der Waals surface area contributed by atoms with Crippen molar-refractivity contribution in [2.24, 2.45) is 7.05 Å². The second-order valence-corrected chi connectivity index (χ2v) is 9.33. The van der Waals surface area contributed by atoms with Gasteiger partial charge in [-0.05, 0) is 51.8 Å². The highest BCUT2D eigenvalue weighted by Crippen LogP contribution is 2.39. The van der Waals surface area contributed by atoms with Crippen molar-refractivity contribution in [2.45, 2.75) is 50.7 Å². The number of hydrogen-bond donors (Lipinski definition) is 1. The molecule has 1 aromatic carbocycles. The summed E-state index contributed by atoms with van der Waals surface area (Å²) in [6.45, 7) is 1.84. The molecule has 0 unspecified atom stereocenters. The third-order valence-corrected chi connectivity index (χ3v) is 7.51. The number of pyridine rings is 1. The van der Waals surface area contributed by atoms with E-state index in [1.54, 1.807) is 10.9 Å². The fourth-order valence-corrected chi connectivity index (χ4v) is 5.68. The topological polar surface area (TPSA) is 89.1 Å². The molecule has 1 N–H and O–H groups in total. The summed E-state index contributed by atoms with van der Waals surface area (Å²) < 4.78 is 3.60. The van der Waals surface area contributed by atoms with Crippen LogP contribution < -0.4 is 5.56 Å². The van der Waals surface area contributed by atoms with E-state index in [-0.39, 0.29) is 17.4 Å². The zero-order valence-corrected chi connectivity index (χ0v) is 18.5. The van der Waals surface area contributed by atoms with Gasteiger partial charge in [0, 0.05) is 54.7 Å². The van der Waals surface area contributed by atoms with Crippen molar-refractivity contribution in [2.75, 3.05) is 7.05 Å². The second kappa shape index (κ2) is 6.87. The van der Waals surface area contributed by atoms with E-state index in [4.69, 9.17) is 0 Å². The van der Waals surface area contributed by atoms with E-state index in [0.717, 1.165) is 23.7 Å². The van der Waals surface area contributed by atoms with Crippen molar-refractivity contribution in [3.8, 4) is 17.1 Å². The van der Waals surface area contributed by atoms with E-state index in [1.807, 2.05) is 43.1 Å². The molecule has 0 amide bonds. The second-order valence-electron chi connectivity index (χ2n) is 9.33. The fourth-order valence-electron chi connectivity index (χ4n) is 5.68. The summed E-state index contributed by atoms with van der Waals surface area (Å²) in [6, 6.07) is 5.10. The number of phenols is 1. The minimum atomic E-state index is -0.0360. The van der Waals surface area contributed by atoms with E-state index in [2.05, 4.69) is 27.0 Å². The Balaban J connectivity index is 1.42. The molecule has 32 heavy (non-hydrogen) atoms. The van der Waals surface area contributed by atoms with Crippen LogP contribution in [0.2, 0.25) is 0 Å². The van der Waals surface area contributed by atoms with Crippen LogP contribution in [0.3, 0.4) is 0 Å². The number of aryl methyl sites for hydroxylation is 2. The minimum Gasteiger partial charge on any atom is -0.507 e. The minimum absolute atomic E-state index is 0.0360. The molecule has 0 spiro atoms. The maximum atomic E-state index is 13.3. The number of aromatic nitrogens is 5. The van der Waals surface area contributed by atoms with Gasteiger partial charge >= 0.3 is 0 Å². The summed E-state index contributed by atoms with van der Waals surface area (Å²) in [7, 11) is 4.06. The molecule has 2 saturated heterocycles. The van der Waals surface area contributed by atoms with Crippen molar-refractivity contribution in [3.63, 3.8) is 0 Å². The first-order valence-electron chi connectivity index (χ1n) is 11.2. The Morgan fingerprint density at radius 1 is 1.12 bits per heavy atom. The predicted octanol–water partition coefficient (Wildman–Crippen LogP) is 3.16. The average molecular weight is 431 g/mol. The normalized spacial score (nSPS) is 23.4. The average Bonchev–Trinajstić information content (AvgIpc) is 3.23. The van der Waals surface area contributed by atoms with Crippen LogP contribution in [0.5, 0.6) is 5.75 Å². The molecule has 3 aromatic heterocycles. The van der Waals surface area contributed by atoms with Crippen LogP contribution in [-0.4, -0.2) is 53.5 Å². The Hall–Kier alpha value is -3.26. The molecule has 2 fully saturated rings. The molecule has 3 atom stereocenters. The lowest BCUT2D eigenvalue weighted by Gasteiger charge is -2.37. The Morgan fingerprint density at radius 2 is 1.88 bits per heavy atom. The van der Waals surface area contributed by atoms with Crippen molar-refractivity contribution in [1.29, 1.82) is 0 Å². The number of aromatic hydroxyl groups is 1. The number of phenolic OH excluding ortho intramolecular Hbond substituents is 1. The van der Waals surface area contributed by atoms with Crippen LogP contribution in [-0.2, 0) is 7.05 Å². The van der Waals surface area contributed by atoms with Crippen LogP contribution in [0.1, 0.15) is 37.3 Å². The molecule has 8 nitrogen and oxygen atoms in total. The van der Waals surface area contributed by atoms with Crippen LogP contribution in [0.25, 0.3) is 33.2 Å². The number of benzene rings is 1. The van der Waals surface area contributed by atoms with Crippen LogP contribution in [0, 0.1) is 6.92 Å². The summed E-state index contributed by atoms with van der Waals surface area (Å²) in [6.07, 6.45) is 9.84. The summed E-state index contributed by atoms with van der Waals surface area (Å²) in [5.74, 6) is 0.518. The summed E-state index contributed by atoms with van der Waals surface area (Å²) in [5.41, 5.74) is 2.54. The molecule has 8 heteroatoms. The zero-order chi connectivity index (χ0) is 22.1. The van der Waals surface area contributed by atoms with Gasteiger partial charge in [-0.3, -0.25) is 9.48 Å². The molecule has 0 radical (unpaired) electrons. The molecule has 164 valence electrons. The highest BCUT2D eigenvalue weighted by Gasteiger charge is 2.39. The first kappa shape index (κ1) is 19.4. The van der Waals surface area contributed by atoms with Crippen LogP contribution >= 0.6 is 0 Å². The van der Waals surface area contributed by atoms with Crippen LogP contribution in [0.4, 0.5) is 0 Å². The maximum absolute atomic E-state index is 13.3. The smallest absolute Gasteiger partial charge is 0.261 e. The third-order valence-electron chi connectivity index (χ3n) is 7.51. The summed E-state index contributed by atoms with van der Waals surface area (Å²) in [4.78, 5) is 24.9. The molecule has 2 aliphatic heterocycles. The van der Waals surface area contributed by atoms with Gasteiger partial charge in [0.1, 0.15) is 5.75 Å². The quantitative estimate of drug-likeness (QED) is 0.526. The summed E-state index contributed by atoms with van der Waals surface area (Å²) in [5, 5.41) is 16.6. The summed E-state index contributed by atoms with van der Waals surface area (Å²) >= 11 is 0. The van der Waals surface area contributed by atoms with Gasteiger partial charge in [-0.2, -0.15) is 5.10 Å². The largest absolute Gasteiger partial charge is 0.507 e. The van der Waals surface area contributed by atoms with E-state index < -0.39 is 0 Å². The molecular formula is C24H26N6O2. The van der Waals surface area contributed by atoms with E-state index in [1.165, 1.54) is 12.8 Å². The number of fused-ring (bicyclic) bond motifs is 4. The standard InChI is InChI=1S/C24H26N6O2/c1-13-21-14(12-28(2)27-21)8-18(22(13)31)23-25-11-19-20(26-23)6-7-30(24(19)32)17-9-15-4-5-16(10-17)29(15)3/h6-8,11-12,15-17,31H,4-5,9-10H2,1-3H3/t15-,16+,17-. The lowest BCUT2D eigenvalue weighted by molar-refractivity contribution is 0.136. The monoisotopic (exact) mass is 430 g/mol. The highest BCUT2D eigenvalue weighted by molar-refractivity contribution is 5.90. The number of hydrogen-bond acceptors (Lipinski definition) is 6. The SMILES string of the molecule is Cc1c(O)c(-c2ncc3c(=O)n([C@@H]4C[C@H]5CC[C@@H](C4)N5C)ccc3n2)cc2cn(C)nc12. The van der Waals surface area contributed by atoms with Gasteiger partial charge in [0.2, 0.25) is 0 Å². The Kier molecular flexibility index (Phi) is 4.17. The Labute approximate surface area is 185 Å². The Morgan fingerprint density at radius 3 is 2.62 bits per heavy atom. The first-order valence-corrected chi connectivity index (χ1v) is 11.2. The van der Waals surface area contributed by atoms with Crippen molar-refractivity contribution < 1.29 is 5.11 Å². The molecule has 2 bridgehead atoms. The lowest BCUT2D eigenvalue weighted by Crippen LogP contribution is -2.42. The van der Waals surface area contributed by atoms with Gasteiger partial charge in [-0.1, -0.05) is 0 Å². The lowest BCUT2D eigenvalue weighted by atomic mass is 9.97. The van der Waals surface area contributed by atoms with E-state index in [0.29, 0.717) is 39.9 Å². The van der Waals surface area contributed by atoms with Gasteiger partial charge < -0.3 is 14.6 Å². The maximum Gasteiger partial charge on any atom is 0.261 e. The molecule has 0 saturated carbocycles. The van der Waals surface area contributed by atoms with Gasteiger partial charge in [-0.25, -0.2) is 9.97 Å². The Bertz CT molecular complexity index is 1420. The van der Waals surface area contributed by atoms with Gasteiger partial charge in [0.15, 0.2) is 5.82 Å². The van der Waals surface area contributed by atoms with Crippen LogP contribution in [0.15, 0.2) is 35.5 Å². The first-order chi connectivity index (χ1) is 15.4. The fraction of sp³-hybridized carbons (Fsp3) is 0.417.